The number of thioether (sulfide) groups is 1. The highest BCUT2D eigenvalue weighted by molar-refractivity contribution is 8.13. The summed E-state index contributed by atoms with van der Waals surface area (Å²) in [6.07, 6.45) is 0. The van der Waals surface area contributed by atoms with Crippen molar-refractivity contribution in [2.45, 2.75) is 13.5 Å². The van der Waals surface area contributed by atoms with Crippen LogP contribution in [-0.4, -0.2) is 10.9 Å². The number of rotatable bonds is 2. The average Bonchev–Trinajstić information content (AvgIpc) is 2.26. The molecule has 16 heavy (non-hydrogen) atoms. The van der Waals surface area contributed by atoms with Crippen molar-refractivity contribution in [3.05, 3.63) is 35.1 Å². The molecule has 0 aliphatic heterocycles. The van der Waals surface area contributed by atoms with Crippen LogP contribution < -0.4 is 5.73 Å². The maximum absolute atomic E-state index is 13.3. The number of carbonyl (C=O) groups is 1. The third-order valence-corrected chi connectivity index (χ3v) is 2.53. The Morgan fingerprint density at radius 2 is 2.31 bits per heavy atom. The lowest BCUT2D eigenvalue weighted by Gasteiger charge is -1.98. The molecule has 1 aromatic carbocycles. The number of hydrogen-bond donors (Lipinski definition) is 1. The Labute approximate surface area is 98.4 Å². The molecule has 2 nitrogen and oxygen atoms in total. The van der Waals surface area contributed by atoms with Crippen LogP contribution in [0.25, 0.3) is 0 Å². The van der Waals surface area contributed by atoms with Crippen LogP contribution in [0.15, 0.2) is 18.2 Å². The first-order valence-corrected chi connectivity index (χ1v) is 5.72. The SMILES string of the molecule is CC(=O)SCC#Cc1cc(CN)ccc1F. The molecule has 1 rings (SSSR count). The van der Waals surface area contributed by atoms with Crippen molar-refractivity contribution in [1.82, 2.24) is 0 Å². The van der Waals surface area contributed by atoms with E-state index in [4.69, 9.17) is 5.73 Å². The number of halogens is 1. The van der Waals surface area contributed by atoms with Crippen molar-refractivity contribution in [3.63, 3.8) is 0 Å². The minimum atomic E-state index is -0.363. The van der Waals surface area contributed by atoms with Crippen LogP contribution >= 0.6 is 11.8 Å². The molecule has 0 fully saturated rings. The lowest BCUT2D eigenvalue weighted by atomic mass is 10.1. The van der Waals surface area contributed by atoms with Crippen LogP contribution in [0, 0.1) is 17.7 Å². The van der Waals surface area contributed by atoms with Gasteiger partial charge in [-0.15, -0.1) is 0 Å². The van der Waals surface area contributed by atoms with Crippen LogP contribution in [0.5, 0.6) is 0 Å². The monoisotopic (exact) mass is 237 g/mol. The van der Waals surface area contributed by atoms with E-state index in [1.807, 2.05) is 0 Å². The summed E-state index contributed by atoms with van der Waals surface area (Å²) in [5.74, 6) is 5.44. The van der Waals surface area contributed by atoms with Crippen molar-refractivity contribution in [3.8, 4) is 11.8 Å². The molecule has 0 spiro atoms. The summed E-state index contributed by atoms with van der Waals surface area (Å²) in [6.45, 7) is 1.83. The van der Waals surface area contributed by atoms with E-state index in [0.717, 1.165) is 17.3 Å². The fourth-order valence-electron chi connectivity index (χ4n) is 1.06. The molecule has 0 aromatic heterocycles. The van der Waals surface area contributed by atoms with E-state index < -0.39 is 0 Å². The van der Waals surface area contributed by atoms with Gasteiger partial charge >= 0.3 is 0 Å². The van der Waals surface area contributed by atoms with E-state index in [0.29, 0.717) is 17.9 Å². The molecule has 0 atom stereocenters. The zero-order valence-corrected chi connectivity index (χ0v) is 9.73. The molecule has 0 aliphatic carbocycles. The van der Waals surface area contributed by atoms with Gasteiger partial charge in [-0.25, -0.2) is 4.39 Å². The van der Waals surface area contributed by atoms with Crippen LogP contribution in [0.3, 0.4) is 0 Å². The first kappa shape index (κ1) is 12.8. The smallest absolute Gasteiger partial charge is 0.186 e. The van der Waals surface area contributed by atoms with Gasteiger partial charge < -0.3 is 5.73 Å². The largest absolute Gasteiger partial charge is 0.326 e. The minimum absolute atomic E-state index is 0.00507. The Balaban J connectivity index is 2.75. The molecular weight excluding hydrogens is 225 g/mol. The summed E-state index contributed by atoms with van der Waals surface area (Å²) in [6, 6.07) is 4.61. The fourth-order valence-corrected chi connectivity index (χ4v) is 1.41. The second-order valence-electron chi connectivity index (χ2n) is 3.10. The molecule has 0 amide bonds. The predicted octanol–water partition coefficient (Wildman–Crippen LogP) is 1.92. The minimum Gasteiger partial charge on any atom is -0.326 e. The van der Waals surface area contributed by atoms with Gasteiger partial charge in [-0.1, -0.05) is 29.7 Å². The predicted molar refractivity (Wildman–Crippen MR) is 64.3 cm³/mol. The summed E-state index contributed by atoms with van der Waals surface area (Å²) < 4.78 is 13.3. The van der Waals surface area contributed by atoms with Gasteiger partial charge in [0, 0.05) is 13.5 Å². The summed E-state index contributed by atoms with van der Waals surface area (Å²) >= 11 is 1.11. The first-order chi connectivity index (χ1) is 7.63. The van der Waals surface area contributed by atoms with E-state index in [1.165, 1.54) is 13.0 Å². The van der Waals surface area contributed by atoms with Crippen molar-refractivity contribution in [1.29, 1.82) is 0 Å². The zero-order chi connectivity index (χ0) is 12.0. The molecule has 0 saturated carbocycles. The molecule has 0 saturated heterocycles. The van der Waals surface area contributed by atoms with E-state index in [-0.39, 0.29) is 10.9 Å². The molecule has 1 aromatic rings. The van der Waals surface area contributed by atoms with Crippen molar-refractivity contribution < 1.29 is 9.18 Å². The topological polar surface area (TPSA) is 43.1 Å². The number of carbonyl (C=O) groups excluding carboxylic acids is 1. The third kappa shape index (κ3) is 4.05. The van der Waals surface area contributed by atoms with Gasteiger partial charge in [-0.3, -0.25) is 4.79 Å². The molecule has 0 bridgehead atoms. The highest BCUT2D eigenvalue weighted by Gasteiger charge is 1.99. The van der Waals surface area contributed by atoms with Crippen molar-refractivity contribution in [2.24, 2.45) is 5.73 Å². The number of benzene rings is 1. The second-order valence-corrected chi connectivity index (χ2v) is 4.25. The van der Waals surface area contributed by atoms with Gasteiger partial charge in [-0.2, -0.15) is 0 Å². The van der Waals surface area contributed by atoms with E-state index in [2.05, 4.69) is 11.8 Å². The number of nitrogens with two attached hydrogens (primary N) is 1. The molecule has 0 heterocycles. The van der Waals surface area contributed by atoms with Gasteiger partial charge in [-0.05, 0) is 17.7 Å². The van der Waals surface area contributed by atoms with Crippen LogP contribution in [0.2, 0.25) is 0 Å². The lowest BCUT2D eigenvalue weighted by Crippen LogP contribution is -1.97. The quantitative estimate of drug-likeness (QED) is 0.799. The summed E-state index contributed by atoms with van der Waals surface area (Å²) in [7, 11) is 0. The maximum Gasteiger partial charge on any atom is 0.186 e. The van der Waals surface area contributed by atoms with Crippen molar-refractivity contribution in [2.75, 3.05) is 5.75 Å². The first-order valence-electron chi connectivity index (χ1n) is 4.74. The average molecular weight is 237 g/mol. The van der Waals surface area contributed by atoms with Crippen LogP contribution in [0.4, 0.5) is 4.39 Å². The number of hydrogen-bond acceptors (Lipinski definition) is 3. The van der Waals surface area contributed by atoms with E-state index >= 15 is 0 Å². The summed E-state index contributed by atoms with van der Waals surface area (Å²) in [5, 5.41) is 0.00507. The molecule has 84 valence electrons. The van der Waals surface area contributed by atoms with Gasteiger partial charge in [0.1, 0.15) is 5.82 Å². The van der Waals surface area contributed by atoms with Crippen LogP contribution in [0.1, 0.15) is 18.1 Å². The lowest BCUT2D eigenvalue weighted by molar-refractivity contribution is -0.109. The molecule has 2 N–H and O–H groups in total. The Morgan fingerprint density at radius 1 is 1.56 bits per heavy atom. The van der Waals surface area contributed by atoms with Gasteiger partial charge in [0.05, 0.1) is 11.3 Å². The standard InChI is InChI=1S/C12H12FNOS/c1-9(15)16-6-2-3-11-7-10(8-14)4-5-12(11)13/h4-5,7H,6,8,14H2,1H3. The van der Waals surface area contributed by atoms with E-state index in [1.54, 1.807) is 12.1 Å². The fraction of sp³-hybridized carbons (Fsp3) is 0.250. The van der Waals surface area contributed by atoms with Gasteiger partial charge in [0.2, 0.25) is 0 Å². The zero-order valence-electron chi connectivity index (χ0n) is 8.92. The molecule has 0 radical (unpaired) electrons. The molecule has 0 unspecified atom stereocenters. The Kier molecular flexibility index (Phi) is 5.03. The molecule has 4 heteroatoms. The maximum atomic E-state index is 13.3. The third-order valence-electron chi connectivity index (χ3n) is 1.84. The highest BCUT2D eigenvalue weighted by atomic mass is 32.2. The molecule has 0 aliphatic rings. The van der Waals surface area contributed by atoms with Gasteiger partial charge in [0.15, 0.2) is 5.12 Å². The van der Waals surface area contributed by atoms with Gasteiger partial charge in [0.25, 0.3) is 0 Å². The van der Waals surface area contributed by atoms with Crippen LogP contribution in [-0.2, 0) is 11.3 Å². The molecular formula is C12H12FNOS. The van der Waals surface area contributed by atoms with E-state index in [9.17, 15) is 9.18 Å². The highest BCUT2D eigenvalue weighted by Crippen LogP contribution is 2.09. The normalized spacial score (nSPS) is 9.44. The summed E-state index contributed by atoms with van der Waals surface area (Å²) in [5.41, 5.74) is 6.61. The van der Waals surface area contributed by atoms with Crippen molar-refractivity contribution >= 4 is 16.9 Å². The Hall–Kier alpha value is -1.31. The Morgan fingerprint density at radius 3 is 2.94 bits per heavy atom. The summed E-state index contributed by atoms with van der Waals surface area (Å²) in [4.78, 5) is 10.6. The second kappa shape index (κ2) is 6.31. The Bertz CT molecular complexity index is 448.